The lowest BCUT2D eigenvalue weighted by Gasteiger charge is -2.39. The molecular weight excluding hydrogens is 229 g/mol. The van der Waals surface area contributed by atoms with E-state index in [1.807, 2.05) is 6.07 Å². The number of halogens is 1. The van der Waals surface area contributed by atoms with Crippen LogP contribution >= 0.6 is 0 Å². The smallest absolute Gasteiger partial charge is 0.146 e. The number of rotatable bonds is 2. The summed E-state index contributed by atoms with van der Waals surface area (Å²) in [6, 6.07) is 4.94. The molecule has 1 aliphatic heterocycles. The number of hydrogen-bond acceptors (Lipinski definition) is 2. The molecule has 1 N–H and O–H groups in total. The molecule has 0 unspecified atom stereocenters. The van der Waals surface area contributed by atoms with E-state index in [0.29, 0.717) is 16.7 Å². The minimum Gasteiger partial charge on any atom is -0.389 e. The summed E-state index contributed by atoms with van der Waals surface area (Å²) in [4.78, 5) is 2.07. The summed E-state index contributed by atoms with van der Waals surface area (Å²) in [5.41, 5.74) is 1.62. The van der Waals surface area contributed by atoms with E-state index in [2.05, 4.69) is 18.7 Å². The standard InChI is InChI=1S/C15H22FNO/c1-11(18)12-5-4-6-13(16)14(12)17-9-7-15(2,3)8-10-17/h4-6,11,18H,7-10H2,1-3H3/t11-/m1/s1. The molecule has 1 saturated heterocycles. The van der Waals surface area contributed by atoms with Crippen LogP contribution in [0, 0.1) is 11.2 Å². The van der Waals surface area contributed by atoms with E-state index < -0.39 is 6.10 Å². The van der Waals surface area contributed by atoms with Crippen molar-refractivity contribution in [2.24, 2.45) is 5.41 Å². The predicted octanol–water partition coefficient (Wildman–Crippen LogP) is 3.51. The summed E-state index contributed by atoms with van der Waals surface area (Å²) < 4.78 is 14.0. The van der Waals surface area contributed by atoms with E-state index >= 15 is 0 Å². The summed E-state index contributed by atoms with van der Waals surface area (Å²) in [6.45, 7) is 7.90. The molecule has 1 heterocycles. The van der Waals surface area contributed by atoms with Gasteiger partial charge in [-0.1, -0.05) is 26.0 Å². The fourth-order valence-electron chi connectivity index (χ4n) is 2.54. The molecule has 0 amide bonds. The Morgan fingerprint density at radius 3 is 2.44 bits per heavy atom. The lowest BCUT2D eigenvalue weighted by molar-refractivity contribution is 0.198. The summed E-state index contributed by atoms with van der Waals surface area (Å²) in [6.07, 6.45) is 1.48. The zero-order chi connectivity index (χ0) is 13.3. The lowest BCUT2D eigenvalue weighted by atomic mass is 9.82. The Kier molecular flexibility index (Phi) is 3.62. The second-order valence-electron chi connectivity index (χ2n) is 6.00. The maximum atomic E-state index is 14.0. The highest BCUT2D eigenvalue weighted by Gasteiger charge is 2.28. The van der Waals surface area contributed by atoms with Crippen LogP contribution < -0.4 is 4.90 Å². The largest absolute Gasteiger partial charge is 0.389 e. The van der Waals surface area contributed by atoms with Gasteiger partial charge in [-0.05, 0) is 31.2 Å². The second kappa shape index (κ2) is 4.88. The number of para-hydroxylation sites is 1. The van der Waals surface area contributed by atoms with Crippen LogP contribution in [-0.2, 0) is 0 Å². The lowest BCUT2D eigenvalue weighted by Crippen LogP contribution is -2.38. The Bertz CT molecular complexity index is 419. The molecule has 18 heavy (non-hydrogen) atoms. The van der Waals surface area contributed by atoms with Crippen molar-refractivity contribution < 1.29 is 9.50 Å². The van der Waals surface area contributed by atoms with Gasteiger partial charge in [0.2, 0.25) is 0 Å². The molecule has 1 atom stereocenters. The zero-order valence-electron chi connectivity index (χ0n) is 11.4. The molecule has 2 nitrogen and oxygen atoms in total. The summed E-state index contributed by atoms with van der Waals surface area (Å²) >= 11 is 0. The van der Waals surface area contributed by atoms with E-state index in [0.717, 1.165) is 25.9 Å². The van der Waals surface area contributed by atoms with Gasteiger partial charge in [-0.2, -0.15) is 0 Å². The van der Waals surface area contributed by atoms with Crippen molar-refractivity contribution in [2.45, 2.75) is 39.7 Å². The summed E-state index contributed by atoms with van der Waals surface area (Å²) in [5, 5.41) is 9.77. The molecular formula is C15H22FNO. The molecule has 0 bridgehead atoms. The molecule has 0 saturated carbocycles. The van der Waals surface area contributed by atoms with E-state index in [4.69, 9.17) is 0 Å². The first kappa shape index (κ1) is 13.3. The zero-order valence-corrected chi connectivity index (χ0v) is 11.4. The number of aliphatic hydroxyl groups excluding tert-OH is 1. The number of benzene rings is 1. The third-order valence-corrected chi connectivity index (χ3v) is 3.90. The van der Waals surface area contributed by atoms with Crippen LogP contribution in [0.15, 0.2) is 18.2 Å². The quantitative estimate of drug-likeness (QED) is 0.869. The Morgan fingerprint density at radius 2 is 1.89 bits per heavy atom. The van der Waals surface area contributed by atoms with Gasteiger partial charge in [-0.25, -0.2) is 4.39 Å². The molecule has 0 spiro atoms. The van der Waals surface area contributed by atoms with Crippen molar-refractivity contribution in [1.82, 2.24) is 0 Å². The molecule has 1 aromatic rings. The first-order valence-corrected chi connectivity index (χ1v) is 6.62. The molecule has 0 aromatic heterocycles. The first-order chi connectivity index (χ1) is 8.41. The highest BCUT2D eigenvalue weighted by molar-refractivity contribution is 5.56. The molecule has 0 aliphatic carbocycles. The van der Waals surface area contributed by atoms with Crippen molar-refractivity contribution >= 4 is 5.69 Å². The van der Waals surface area contributed by atoms with E-state index in [1.54, 1.807) is 13.0 Å². The van der Waals surface area contributed by atoms with E-state index in [1.165, 1.54) is 6.07 Å². The Hall–Kier alpha value is -1.09. The van der Waals surface area contributed by atoms with Gasteiger partial charge in [-0.15, -0.1) is 0 Å². The molecule has 0 radical (unpaired) electrons. The molecule has 1 aliphatic rings. The van der Waals surface area contributed by atoms with Crippen LogP contribution in [0.4, 0.5) is 10.1 Å². The van der Waals surface area contributed by atoms with Crippen LogP contribution in [0.25, 0.3) is 0 Å². The van der Waals surface area contributed by atoms with Gasteiger partial charge in [0.15, 0.2) is 0 Å². The predicted molar refractivity (Wildman–Crippen MR) is 72.3 cm³/mol. The number of hydrogen-bond donors (Lipinski definition) is 1. The van der Waals surface area contributed by atoms with Crippen LogP contribution in [0.1, 0.15) is 45.3 Å². The van der Waals surface area contributed by atoms with Crippen molar-refractivity contribution in [3.8, 4) is 0 Å². The van der Waals surface area contributed by atoms with Gasteiger partial charge < -0.3 is 10.0 Å². The van der Waals surface area contributed by atoms with Crippen molar-refractivity contribution in [2.75, 3.05) is 18.0 Å². The average Bonchev–Trinajstić information content (AvgIpc) is 2.29. The van der Waals surface area contributed by atoms with Crippen molar-refractivity contribution in [1.29, 1.82) is 0 Å². The maximum Gasteiger partial charge on any atom is 0.146 e. The summed E-state index contributed by atoms with van der Waals surface area (Å²) in [7, 11) is 0. The van der Waals surface area contributed by atoms with Gasteiger partial charge in [0.25, 0.3) is 0 Å². The second-order valence-corrected chi connectivity index (χ2v) is 6.00. The Labute approximate surface area is 108 Å². The minimum absolute atomic E-state index is 0.229. The molecule has 1 fully saturated rings. The van der Waals surface area contributed by atoms with Crippen LogP contribution in [0.3, 0.4) is 0 Å². The number of anilines is 1. The van der Waals surface area contributed by atoms with Crippen LogP contribution in [-0.4, -0.2) is 18.2 Å². The number of aliphatic hydroxyl groups is 1. The van der Waals surface area contributed by atoms with Gasteiger partial charge in [-0.3, -0.25) is 0 Å². The molecule has 1 aromatic carbocycles. The third-order valence-electron chi connectivity index (χ3n) is 3.90. The van der Waals surface area contributed by atoms with Crippen molar-refractivity contribution in [3.05, 3.63) is 29.6 Å². The fourth-order valence-corrected chi connectivity index (χ4v) is 2.54. The third kappa shape index (κ3) is 2.66. The summed E-state index contributed by atoms with van der Waals surface area (Å²) in [5.74, 6) is -0.229. The Balaban J connectivity index is 2.28. The topological polar surface area (TPSA) is 23.5 Å². The SMILES string of the molecule is C[C@@H](O)c1cccc(F)c1N1CCC(C)(C)CC1. The van der Waals surface area contributed by atoms with E-state index in [-0.39, 0.29) is 5.82 Å². The maximum absolute atomic E-state index is 14.0. The van der Waals surface area contributed by atoms with Gasteiger partial charge >= 0.3 is 0 Å². The van der Waals surface area contributed by atoms with E-state index in [9.17, 15) is 9.50 Å². The van der Waals surface area contributed by atoms with Crippen LogP contribution in [0.2, 0.25) is 0 Å². The van der Waals surface area contributed by atoms with Gasteiger partial charge in [0, 0.05) is 18.7 Å². The molecule has 100 valence electrons. The fraction of sp³-hybridized carbons (Fsp3) is 0.600. The highest BCUT2D eigenvalue weighted by Crippen LogP contribution is 2.36. The number of piperidine rings is 1. The molecule has 3 heteroatoms. The first-order valence-electron chi connectivity index (χ1n) is 6.62. The normalized spacial score (nSPS) is 20.8. The molecule has 2 rings (SSSR count). The average molecular weight is 251 g/mol. The van der Waals surface area contributed by atoms with Gasteiger partial charge in [0.05, 0.1) is 11.8 Å². The number of nitrogens with zero attached hydrogens (tertiary/aromatic N) is 1. The van der Waals surface area contributed by atoms with Crippen molar-refractivity contribution in [3.63, 3.8) is 0 Å². The Morgan fingerprint density at radius 1 is 1.28 bits per heavy atom. The van der Waals surface area contributed by atoms with Gasteiger partial charge in [0.1, 0.15) is 5.82 Å². The minimum atomic E-state index is -0.634. The van der Waals surface area contributed by atoms with Crippen LogP contribution in [0.5, 0.6) is 0 Å². The monoisotopic (exact) mass is 251 g/mol. The highest BCUT2D eigenvalue weighted by atomic mass is 19.1.